The van der Waals surface area contributed by atoms with Crippen LogP contribution < -0.4 is 4.90 Å². The van der Waals surface area contributed by atoms with Crippen LogP contribution in [0.5, 0.6) is 0 Å². The quantitative estimate of drug-likeness (QED) is 0.905. The Kier molecular flexibility index (Phi) is 3.36. The molecule has 20 heavy (non-hydrogen) atoms. The minimum absolute atomic E-state index is 0.380. The number of aliphatic hydroxyl groups is 1. The van der Waals surface area contributed by atoms with E-state index >= 15 is 0 Å². The zero-order valence-corrected chi connectivity index (χ0v) is 11.0. The van der Waals surface area contributed by atoms with Gasteiger partial charge in [0.25, 0.3) is 0 Å². The van der Waals surface area contributed by atoms with Crippen LogP contribution in [0.4, 0.5) is 5.69 Å². The molecule has 3 rings (SSSR count). The smallest absolute Gasteiger partial charge is 0.140 e. The Morgan fingerprint density at radius 1 is 1.35 bits per heavy atom. The Bertz CT molecular complexity index is 663. The number of fused-ring (bicyclic) bond motifs is 1. The summed E-state index contributed by atoms with van der Waals surface area (Å²) in [7, 11) is 0. The lowest BCUT2D eigenvalue weighted by atomic mass is 9.98. The molecule has 1 aromatic heterocycles. The monoisotopic (exact) mass is 265 g/mol. The van der Waals surface area contributed by atoms with Gasteiger partial charge in [-0.1, -0.05) is 18.2 Å². The normalized spacial score (nSPS) is 17.4. The number of aromatic nitrogens is 1. The second-order valence-electron chi connectivity index (χ2n) is 4.95. The van der Waals surface area contributed by atoms with Gasteiger partial charge in [0.05, 0.1) is 6.10 Å². The Balaban J connectivity index is 1.89. The fourth-order valence-corrected chi connectivity index (χ4v) is 2.63. The van der Waals surface area contributed by atoms with Crippen molar-refractivity contribution in [3.05, 3.63) is 59.4 Å². The molecule has 1 unspecified atom stereocenters. The van der Waals surface area contributed by atoms with Gasteiger partial charge in [0.15, 0.2) is 0 Å². The second kappa shape index (κ2) is 5.32. The molecule has 0 saturated carbocycles. The van der Waals surface area contributed by atoms with Crippen LogP contribution in [0.15, 0.2) is 42.6 Å². The second-order valence-corrected chi connectivity index (χ2v) is 4.95. The molecule has 1 aliphatic heterocycles. The van der Waals surface area contributed by atoms with E-state index in [1.54, 1.807) is 6.20 Å². The van der Waals surface area contributed by atoms with E-state index in [9.17, 15) is 5.11 Å². The maximum absolute atomic E-state index is 10.0. The van der Waals surface area contributed by atoms with Crippen LogP contribution in [0.3, 0.4) is 0 Å². The highest BCUT2D eigenvalue weighted by Gasteiger charge is 2.22. The average Bonchev–Trinajstić information content (AvgIpc) is 2.51. The SMILES string of the molecule is N#Cc1cc(CN2CCC(O)c3ccccc32)ccn1. The minimum Gasteiger partial charge on any atom is -0.388 e. The van der Waals surface area contributed by atoms with Gasteiger partial charge in [0, 0.05) is 30.5 Å². The summed E-state index contributed by atoms with van der Waals surface area (Å²) in [5.74, 6) is 0. The van der Waals surface area contributed by atoms with E-state index in [-0.39, 0.29) is 6.10 Å². The predicted molar refractivity (Wildman–Crippen MR) is 76.0 cm³/mol. The molecule has 0 spiro atoms. The molecule has 2 aromatic rings. The first-order valence-electron chi connectivity index (χ1n) is 6.65. The Labute approximate surface area is 117 Å². The van der Waals surface area contributed by atoms with Crippen molar-refractivity contribution in [3.63, 3.8) is 0 Å². The summed E-state index contributed by atoms with van der Waals surface area (Å²) in [5.41, 5.74) is 3.55. The zero-order valence-electron chi connectivity index (χ0n) is 11.0. The summed E-state index contributed by atoms with van der Waals surface area (Å²) >= 11 is 0. The molecule has 1 atom stereocenters. The van der Waals surface area contributed by atoms with Gasteiger partial charge in [-0.3, -0.25) is 0 Å². The predicted octanol–water partition coefficient (Wildman–Crippen LogP) is 2.40. The molecule has 100 valence electrons. The maximum Gasteiger partial charge on any atom is 0.140 e. The highest BCUT2D eigenvalue weighted by atomic mass is 16.3. The van der Waals surface area contributed by atoms with E-state index in [0.29, 0.717) is 5.69 Å². The molecular weight excluding hydrogens is 250 g/mol. The summed E-state index contributed by atoms with van der Waals surface area (Å²) in [6.07, 6.45) is 2.01. The van der Waals surface area contributed by atoms with Crippen molar-refractivity contribution in [2.24, 2.45) is 0 Å². The molecule has 4 heteroatoms. The fourth-order valence-electron chi connectivity index (χ4n) is 2.63. The molecular formula is C16H15N3O. The number of benzene rings is 1. The van der Waals surface area contributed by atoms with Gasteiger partial charge >= 0.3 is 0 Å². The van der Waals surface area contributed by atoms with Crippen LogP contribution in [0.25, 0.3) is 0 Å². The van der Waals surface area contributed by atoms with Crippen LogP contribution in [-0.2, 0) is 6.54 Å². The topological polar surface area (TPSA) is 60.2 Å². The first-order chi connectivity index (χ1) is 9.78. The number of nitrogens with zero attached hydrogens (tertiary/aromatic N) is 3. The fraction of sp³-hybridized carbons (Fsp3) is 0.250. The number of pyridine rings is 1. The van der Waals surface area contributed by atoms with Gasteiger partial charge in [-0.2, -0.15) is 5.26 Å². The van der Waals surface area contributed by atoms with E-state index in [1.807, 2.05) is 36.4 Å². The molecule has 1 aromatic carbocycles. The van der Waals surface area contributed by atoms with Gasteiger partial charge in [-0.05, 0) is 30.2 Å². The number of rotatable bonds is 2. The van der Waals surface area contributed by atoms with Crippen molar-refractivity contribution in [1.29, 1.82) is 5.26 Å². The Hall–Kier alpha value is -2.38. The van der Waals surface area contributed by atoms with E-state index in [1.165, 1.54) is 0 Å². The summed E-state index contributed by atoms with van der Waals surface area (Å²) in [6, 6.07) is 13.7. The molecule has 0 fully saturated rings. The molecule has 0 bridgehead atoms. The number of aliphatic hydroxyl groups excluding tert-OH is 1. The summed E-state index contributed by atoms with van der Waals surface area (Å²) in [5, 5.41) is 18.9. The van der Waals surface area contributed by atoms with Gasteiger partial charge < -0.3 is 10.0 Å². The van der Waals surface area contributed by atoms with E-state index in [0.717, 1.165) is 36.3 Å². The van der Waals surface area contributed by atoms with Crippen molar-refractivity contribution in [2.45, 2.75) is 19.1 Å². The third kappa shape index (κ3) is 2.36. The number of anilines is 1. The van der Waals surface area contributed by atoms with E-state index in [4.69, 9.17) is 5.26 Å². The van der Waals surface area contributed by atoms with Crippen molar-refractivity contribution < 1.29 is 5.11 Å². The van der Waals surface area contributed by atoms with Gasteiger partial charge in [-0.15, -0.1) is 0 Å². The first-order valence-corrected chi connectivity index (χ1v) is 6.65. The van der Waals surface area contributed by atoms with Crippen LogP contribution in [0.2, 0.25) is 0 Å². The summed E-state index contributed by atoms with van der Waals surface area (Å²) < 4.78 is 0. The first kappa shape index (κ1) is 12.6. The third-order valence-corrected chi connectivity index (χ3v) is 3.62. The van der Waals surface area contributed by atoms with Crippen LogP contribution in [0.1, 0.15) is 29.3 Å². The molecule has 2 heterocycles. The Morgan fingerprint density at radius 3 is 3.05 bits per heavy atom. The van der Waals surface area contributed by atoms with Crippen molar-refractivity contribution in [2.75, 3.05) is 11.4 Å². The average molecular weight is 265 g/mol. The maximum atomic E-state index is 10.0. The van der Waals surface area contributed by atoms with Crippen LogP contribution >= 0.6 is 0 Å². The highest BCUT2D eigenvalue weighted by Crippen LogP contribution is 2.34. The summed E-state index contributed by atoms with van der Waals surface area (Å²) in [4.78, 5) is 6.22. The van der Waals surface area contributed by atoms with Gasteiger partial charge in [0.2, 0.25) is 0 Å². The van der Waals surface area contributed by atoms with Crippen molar-refractivity contribution in [3.8, 4) is 6.07 Å². The van der Waals surface area contributed by atoms with Crippen molar-refractivity contribution in [1.82, 2.24) is 4.98 Å². The number of hydrogen-bond donors (Lipinski definition) is 1. The van der Waals surface area contributed by atoms with E-state index < -0.39 is 0 Å². The van der Waals surface area contributed by atoms with E-state index in [2.05, 4.69) is 16.0 Å². The minimum atomic E-state index is -0.380. The van der Waals surface area contributed by atoms with Crippen LogP contribution in [0, 0.1) is 11.3 Å². The molecule has 0 amide bonds. The lowest BCUT2D eigenvalue weighted by Gasteiger charge is -2.33. The molecule has 0 radical (unpaired) electrons. The molecule has 1 aliphatic rings. The zero-order chi connectivity index (χ0) is 13.9. The van der Waals surface area contributed by atoms with Crippen LogP contribution in [-0.4, -0.2) is 16.6 Å². The van der Waals surface area contributed by atoms with Crippen molar-refractivity contribution >= 4 is 5.69 Å². The number of para-hydroxylation sites is 1. The Morgan fingerprint density at radius 2 is 2.20 bits per heavy atom. The molecule has 0 saturated heterocycles. The lowest BCUT2D eigenvalue weighted by Crippen LogP contribution is -2.30. The summed E-state index contributed by atoms with van der Waals surface area (Å²) in [6.45, 7) is 1.53. The third-order valence-electron chi connectivity index (χ3n) is 3.62. The molecule has 0 aliphatic carbocycles. The standard InChI is InChI=1S/C16H15N3O/c17-10-13-9-12(5-7-18-13)11-19-8-6-16(20)14-3-1-2-4-15(14)19/h1-5,7,9,16,20H,6,8,11H2. The highest BCUT2D eigenvalue weighted by molar-refractivity contribution is 5.56. The molecule has 4 nitrogen and oxygen atoms in total. The number of nitriles is 1. The molecule has 1 N–H and O–H groups in total. The largest absolute Gasteiger partial charge is 0.388 e. The lowest BCUT2D eigenvalue weighted by molar-refractivity contribution is 0.164. The number of hydrogen-bond acceptors (Lipinski definition) is 4. The van der Waals surface area contributed by atoms with Gasteiger partial charge in [-0.25, -0.2) is 4.98 Å². The van der Waals surface area contributed by atoms with Gasteiger partial charge in [0.1, 0.15) is 11.8 Å².